The predicted octanol–water partition coefficient (Wildman–Crippen LogP) is 1.17. The van der Waals surface area contributed by atoms with Crippen molar-refractivity contribution >= 4 is 11.9 Å². The van der Waals surface area contributed by atoms with E-state index in [1.54, 1.807) is 0 Å². The Kier molecular flexibility index (Phi) is 2.71. The largest absolute Gasteiger partial charge is 0.358 e. The van der Waals surface area contributed by atoms with Crippen molar-refractivity contribution in [2.45, 2.75) is 6.42 Å². The number of anilines is 2. The van der Waals surface area contributed by atoms with Gasteiger partial charge in [0.1, 0.15) is 0 Å². The van der Waals surface area contributed by atoms with Gasteiger partial charge in [0.25, 0.3) is 0 Å². The Hall–Kier alpha value is -1.78. The molecule has 1 aliphatic carbocycles. The first-order valence-electron chi connectivity index (χ1n) is 4.96. The topological polar surface area (TPSA) is 56.8 Å². The predicted molar refractivity (Wildman–Crippen MR) is 61.0 cm³/mol. The van der Waals surface area contributed by atoms with Gasteiger partial charge in [0, 0.05) is 20.6 Å². The van der Waals surface area contributed by atoms with Gasteiger partial charge in [0.2, 0.25) is 11.9 Å². The molecule has 2 N–H and O–H groups in total. The second-order valence-corrected chi connectivity index (χ2v) is 3.51. The molecule has 0 fully saturated rings. The number of hydrogen-bond donors (Lipinski definition) is 2. The summed E-state index contributed by atoms with van der Waals surface area (Å²) in [6.07, 6.45) is 7.55. The molecule has 5 nitrogen and oxygen atoms in total. The molecular weight excluding hydrogens is 190 g/mol. The van der Waals surface area contributed by atoms with Crippen LogP contribution in [0.15, 0.2) is 23.8 Å². The van der Waals surface area contributed by atoms with Crippen LogP contribution in [0.25, 0.3) is 0 Å². The van der Waals surface area contributed by atoms with Gasteiger partial charge >= 0.3 is 0 Å². The van der Waals surface area contributed by atoms with Crippen LogP contribution in [0.3, 0.4) is 0 Å². The molecule has 0 aliphatic heterocycles. The molecule has 80 valence electrons. The summed E-state index contributed by atoms with van der Waals surface area (Å²) >= 11 is 0. The van der Waals surface area contributed by atoms with Crippen molar-refractivity contribution in [1.29, 1.82) is 0 Å². The maximum absolute atomic E-state index is 4.27. The second kappa shape index (κ2) is 4.16. The minimum absolute atomic E-state index is 0.688. The highest BCUT2D eigenvalue weighted by atomic mass is 15.4. The molecule has 1 aliphatic rings. The number of nitrogens with one attached hydrogen (secondary N) is 2. The lowest BCUT2D eigenvalue weighted by Gasteiger charge is -2.14. The van der Waals surface area contributed by atoms with E-state index in [2.05, 4.69) is 38.7 Å². The number of hydrogen-bond acceptors (Lipinski definition) is 4. The van der Waals surface area contributed by atoms with E-state index < -0.39 is 0 Å². The van der Waals surface area contributed by atoms with Crippen molar-refractivity contribution in [3.05, 3.63) is 23.8 Å². The van der Waals surface area contributed by atoms with E-state index in [0.29, 0.717) is 11.9 Å². The van der Waals surface area contributed by atoms with Gasteiger partial charge in [-0.2, -0.15) is 4.98 Å². The molecule has 0 spiro atoms. The fraction of sp³-hybridized carbons (Fsp3) is 0.400. The minimum Gasteiger partial charge on any atom is -0.358 e. The van der Waals surface area contributed by atoms with Crippen molar-refractivity contribution in [2.24, 2.45) is 0 Å². The highest BCUT2D eigenvalue weighted by Crippen LogP contribution is 2.13. The SMILES string of the molecule is CNc1nc(N(C)CC2=CCC=C2)n[nH]1. The molecule has 0 amide bonds. The van der Waals surface area contributed by atoms with Crippen molar-refractivity contribution in [1.82, 2.24) is 15.2 Å². The number of aromatic amines is 1. The zero-order valence-corrected chi connectivity index (χ0v) is 8.99. The Bertz CT molecular complexity index is 390. The molecule has 0 aromatic carbocycles. The van der Waals surface area contributed by atoms with Crippen LogP contribution in [-0.4, -0.2) is 35.8 Å². The third-order valence-electron chi connectivity index (χ3n) is 2.32. The number of nitrogens with zero attached hydrogens (tertiary/aromatic N) is 3. The Morgan fingerprint density at radius 3 is 3.07 bits per heavy atom. The molecule has 0 radical (unpaired) electrons. The normalized spacial score (nSPS) is 14.1. The van der Waals surface area contributed by atoms with Crippen LogP contribution in [0.2, 0.25) is 0 Å². The number of allylic oxidation sites excluding steroid dienone is 2. The van der Waals surface area contributed by atoms with E-state index >= 15 is 0 Å². The molecule has 1 aromatic heterocycles. The van der Waals surface area contributed by atoms with Gasteiger partial charge in [-0.3, -0.25) is 0 Å². The van der Waals surface area contributed by atoms with E-state index in [1.807, 2.05) is 19.0 Å². The summed E-state index contributed by atoms with van der Waals surface area (Å²) in [6, 6.07) is 0. The molecule has 1 heterocycles. The van der Waals surface area contributed by atoms with Gasteiger partial charge in [-0.25, -0.2) is 5.10 Å². The summed E-state index contributed by atoms with van der Waals surface area (Å²) in [5.74, 6) is 1.40. The van der Waals surface area contributed by atoms with Crippen molar-refractivity contribution in [3.63, 3.8) is 0 Å². The lowest BCUT2D eigenvalue weighted by atomic mass is 10.3. The third-order valence-corrected chi connectivity index (χ3v) is 2.32. The lowest BCUT2D eigenvalue weighted by molar-refractivity contribution is 0.929. The monoisotopic (exact) mass is 205 g/mol. The van der Waals surface area contributed by atoms with Crippen LogP contribution in [0, 0.1) is 0 Å². The summed E-state index contributed by atoms with van der Waals surface area (Å²) in [5.41, 5.74) is 1.31. The van der Waals surface area contributed by atoms with E-state index in [1.165, 1.54) is 5.57 Å². The number of rotatable bonds is 4. The minimum atomic E-state index is 0.688. The van der Waals surface area contributed by atoms with Gasteiger partial charge < -0.3 is 10.2 Å². The van der Waals surface area contributed by atoms with Crippen LogP contribution in [0.5, 0.6) is 0 Å². The summed E-state index contributed by atoms with van der Waals surface area (Å²) in [5, 5.41) is 9.83. The molecular formula is C10H15N5. The summed E-state index contributed by atoms with van der Waals surface area (Å²) in [4.78, 5) is 6.28. The van der Waals surface area contributed by atoms with Crippen LogP contribution >= 0.6 is 0 Å². The second-order valence-electron chi connectivity index (χ2n) is 3.51. The summed E-state index contributed by atoms with van der Waals surface area (Å²) in [6.45, 7) is 0.845. The summed E-state index contributed by atoms with van der Waals surface area (Å²) < 4.78 is 0. The molecule has 0 saturated carbocycles. The van der Waals surface area contributed by atoms with E-state index in [4.69, 9.17) is 0 Å². The first kappa shape index (κ1) is 9.76. The Labute approximate surface area is 88.9 Å². The number of likely N-dealkylation sites (N-methyl/N-ethyl adjacent to an activating group) is 1. The van der Waals surface area contributed by atoms with Crippen LogP contribution in [-0.2, 0) is 0 Å². The van der Waals surface area contributed by atoms with Gasteiger partial charge in [-0.05, 0) is 12.0 Å². The highest BCUT2D eigenvalue weighted by molar-refractivity contribution is 5.39. The maximum atomic E-state index is 4.27. The van der Waals surface area contributed by atoms with Crippen molar-refractivity contribution in [3.8, 4) is 0 Å². The van der Waals surface area contributed by atoms with Gasteiger partial charge in [0.05, 0.1) is 0 Å². The Morgan fingerprint density at radius 1 is 1.60 bits per heavy atom. The van der Waals surface area contributed by atoms with Crippen molar-refractivity contribution in [2.75, 3.05) is 30.9 Å². The molecule has 15 heavy (non-hydrogen) atoms. The molecule has 5 heteroatoms. The molecule has 2 rings (SSSR count). The zero-order chi connectivity index (χ0) is 10.7. The zero-order valence-electron chi connectivity index (χ0n) is 8.99. The fourth-order valence-electron chi connectivity index (χ4n) is 1.50. The van der Waals surface area contributed by atoms with Gasteiger partial charge in [-0.1, -0.05) is 18.2 Å². The van der Waals surface area contributed by atoms with Gasteiger partial charge in [0.15, 0.2) is 0 Å². The van der Waals surface area contributed by atoms with Gasteiger partial charge in [-0.15, -0.1) is 5.10 Å². The molecule has 0 saturated heterocycles. The van der Waals surface area contributed by atoms with Crippen molar-refractivity contribution < 1.29 is 0 Å². The van der Waals surface area contributed by atoms with E-state index in [-0.39, 0.29) is 0 Å². The summed E-state index contributed by atoms with van der Waals surface area (Å²) in [7, 11) is 3.79. The maximum Gasteiger partial charge on any atom is 0.246 e. The molecule has 0 atom stereocenters. The Morgan fingerprint density at radius 2 is 2.47 bits per heavy atom. The molecule has 1 aromatic rings. The average molecular weight is 205 g/mol. The van der Waals surface area contributed by atoms with E-state index in [9.17, 15) is 0 Å². The average Bonchev–Trinajstić information content (AvgIpc) is 2.86. The van der Waals surface area contributed by atoms with Crippen LogP contribution in [0.1, 0.15) is 6.42 Å². The fourth-order valence-corrected chi connectivity index (χ4v) is 1.50. The third kappa shape index (κ3) is 2.18. The smallest absolute Gasteiger partial charge is 0.246 e. The first-order valence-corrected chi connectivity index (χ1v) is 4.96. The van der Waals surface area contributed by atoms with Crippen LogP contribution < -0.4 is 10.2 Å². The Balaban J connectivity index is 2.00. The lowest BCUT2D eigenvalue weighted by Crippen LogP contribution is -2.20. The quantitative estimate of drug-likeness (QED) is 0.774. The molecule has 0 bridgehead atoms. The number of aromatic nitrogens is 3. The highest BCUT2D eigenvalue weighted by Gasteiger charge is 2.09. The standard InChI is InChI=1S/C10H15N5/c1-11-9-12-10(14-13-9)15(2)7-8-5-3-4-6-8/h3,5-6H,4,7H2,1-2H3,(H2,11,12,13,14). The molecule has 0 unspecified atom stereocenters. The number of H-pyrrole nitrogens is 1. The van der Waals surface area contributed by atoms with E-state index in [0.717, 1.165) is 13.0 Å². The first-order chi connectivity index (χ1) is 7.29. The van der Waals surface area contributed by atoms with Crippen LogP contribution in [0.4, 0.5) is 11.9 Å².